The summed E-state index contributed by atoms with van der Waals surface area (Å²) >= 11 is 5.91. The summed E-state index contributed by atoms with van der Waals surface area (Å²) in [4.78, 5) is 0. The van der Waals surface area contributed by atoms with E-state index >= 15 is 0 Å². The van der Waals surface area contributed by atoms with E-state index in [1.165, 1.54) is 5.56 Å². The largest absolute Gasteiger partial charge is 0.504 e. The highest BCUT2D eigenvalue weighted by Crippen LogP contribution is 2.18. The molecule has 0 amide bonds. The fraction of sp³-hybridized carbons (Fsp3) is 0.0476. The summed E-state index contributed by atoms with van der Waals surface area (Å²) in [5, 5.41) is 15.7. The predicted octanol–water partition coefficient (Wildman–Crippen LogP) is 4.54. The number of aromatic nitrogens is 3. The Morgan fingerprint density at radius 1 is 0.962 bits per heavy atom. The Kier molecular flexibility index (Phi) is 4.42. The van der Waals surface area contributed by atoms with Crippen LogP contribution < -0.4 is 4.68 Å². The minimum Gasteiger partial charge on any atom is -0.504 e. The standard InChI is InChI=1S/C21H16ClN3O/c22-18-12-10-17(11-13-18)21(26)15-25-20-9-5-4-8-19(20)24(23-25)14-16-6-2-1-3-7-16/h1-13,15H,14H2/p+1. The second kappa shape index (κ2) is 7.02. The van der Waals surface area contributed by atoms with Gasteiger partial charge in [0.15, 0.2) is 17.5 Å². The number of halogens is 1. The number of hydrogen-bond donors (Lipinski definition) is 1. The molecule has 5 heteroatoms. The summed E-state index contributed by atoms with van der Waals surface area (Å²) < 4.78 is 3.62. The molecule has 0 aliphatic heterocycles. The van der Waals surface area contributed by atoms with E-state index in [1.807, 2.05) is 47.1 Å². The number of hydrogen-bond acceptors (Lipinski definition) is 2. The van der Waals surface area contributed by atoms with Gasteiger partial charge in [0, 0.05) is 10.6 Å². The second-order valence-electron chi connectivity index (χ2n) is 5.99. The molecule has 0 atom stereocenters. The summed E-state index contributed by atoms with van der Waals surface area (Å²) in [6.45, 7) is 0.657. The van der Waals surface area contributed by atoms with Crippen molar-refractivity contribution in [1.29, 1.82) is 0 Å². The topological polar surface area (TPSA) is 41.9 Å². The van der Waals surface area contributed by atoms with Crippen LogP contribution in [0.3, 0.4) is 0 Å². The Morgan fingerprint density at radius 2 is 1.65 bits per heavy atom. The average Bonchev–Trinajstić information content (AvgIpc) is 3.01. The number of benzene rings is 3. The van der Waals surface area contributed by atoms with Gasteiger partial charge in [0.2, 0.25) is 5.52 Å². The lowest BCUT2D eigenvalue weighted by molar-refractivity contribution is -0.723. The van der Waals surface area contributed by atoms with Crippen molar-refractivity contribution in [3.8, 4) is 0 Å². The van der Waals surface area contributed by atoms with Crippen LogP contribution in [0.25, 0.3) is 23.0 Å². The summed E-state index contributed by atoms with van der Waals surface area (Å²) in [6, 6.07) is 25.2. The van der Waals surface area contributed by atoms with Crippen LogP contribution in [0.1, 0.15) is 11.1 Å². The number of rotatable bonds is 4. The van der Waals surface area contributed by atoms with Crippen LogP contribution in [0.2, 0.25) is 5.02 Å². The fourth-order valence-electron chi connectivity index (χ4n) is 2.87. The fourth-order valence-corrected chi connectivity index (χ4v) is 2.99. The van der Waals surface area contributed by atoms with Crippen molar-refractivity contribution in [3.63, 3.8) is 0 Å². The molecule has 1 heterocycles. The molecule has 0 radical (unpaired) electrons. The number of aliphatic hydroxyl groups excluding tert-OH is 1. The zero-order valence-corrected chi connectivity index (χ0v) is 14.7. The van der Waals surface area contributed by atoms with Crippen molar-refractivity contribution in [2.45, 2.75) is 6.54 Å². The molecule has 0 aliphatic carbocycles. The summed E-state index contributed by atoms with van der Waals surface area (Å²) in [7, 11) is 0. The van der Waals surface area contributed by atoms with E-state index < -0.39 is 0 Å². The minimum absolute atomic E-state index is 0.127. The van der Waals surface area contributed by atoms with Gasteiger partial charge in [0.25, 0.3) is 0 Å². The molecule has 4 nitrogen and oxygen atoms in total. The van der Waals surface area contributed by atoms with Gasteiger partial charge in [0.05, 0.1) is 5.21 Å². The van der Waals surface area contributed by atoms with Crippen LogP contribution in [0.5, 0.6) is 0 Å². The number of para-hydroxylation sites is 2. The van der Waals surface area contributed by atoms with Crippen LogP contribution in [-0.2, 0) is 6.54 Å². The predicted molar refractivity (Wildman–Crippen MR) is 104 cm³/mol. The molecule has 0 spiro atoms. The molecule has 0 unspecified atom stereocenters. The van der Waals surface area contributed by atoms with E-state index in [9.17, 15) is 5.11 Å². The summed E-state index contributed by atoms with van der Waals surface area (Å²) in [5.74, 6) is 0.127. The van der Waals surface area contributed by atoms with Crippen molar-refractivity contribution in [3.05, 3.63) is 95.0 Å². The molecule has 0 fully saturated rings. The molecule has 0 aliphatic rings. The first-order valence-corrected chi connectivity index (χ1v) is 8.66. The highest BCUT2D eigenvalue weighted by molar-refractivity contribution is 6.30. The summed E-state index contributed by atoms with van der Waals surface area (Å²) in [6.07, 6.45) is 1.62. The van der Waals surface area contributed by atoms with Crippen LogP contribution in [0.4, 0.5) is 0 Å². The summed E-state index contributed by atoms with van der Waals surface area (Å²) in [5.41, 5.74) is 3.77. The molecular formula is C21H17ClN3O+. The van der Waals surface area contributed by atoms with E-state index in [-0.39, 0.29) is 5.76 Å². The smallest absolute Gasteiger partial charge is 0.204 e. The zero-order chi connectivity index (χ0) is 17.9. The lowest BCUT2D eigenvalue weighted by Crippen LogP contribution is -2.37. The third kappa shape index (κ3) is 3.32. The maximum Gasteiger partial charge on any atom is 0.204 e. The zero-order valence-electron chi connectivity index (χ0n) is 14.0. The van der Waals surface area contributed by atoms with Crippen molar-refractivity contribution in [2.24, 2.45) is 0 Å². The van der Waals surface area contributed by atoms with E-state index in [0.717, 1.165) is 11.0 Å². The second-order valence-corrected chi connectivity index (χ2v) is 6.42. The minimum atomic E-state index is 0.127. The quantitative estimate of drug-likeness (QED) is 0.428. The average molecular weight is 363 g/mol. The molecular weight excluding hydrogens is 346 g/mol. The Bertz CT molecular complexity index is 1070. The number of aliphatic hydroxyl groups is 1. The molecule has 4 rings (SSSR count). The lowest BCUT2D eigenvalue weighted by Gasteiger charge is -1.98. The maximum atomic E-state index is 10.5. The van der Waals surface area contributed by atoms with E-state index in [4.69, 9.17) is 11.6 Å². The number of nitrogens with zero attached hydrogens (tertiary/aromatic N) is 3. The Morgan fingerprint density at radius 3 is 2.42 bits per heavy atom. The molecule has 1 aromatic heterocycles. The molecule has 3 aromatic carbocycles. The highest BCUT2D eigenvalue weighted by atomic mass is 35.5. The molecule has 1 N–H and O–H groups in total. The van der Waals surface area contributed by atoms with Gasteiger partial charge in [-0.05, 0) is 42.0 Å². The van der Waals surface area contributed by atoms with Gasteiger partial charge >= 0.3 is 0 Å². The van der Waals surface area contributed by atoms with Gasteiger partial charge in [-0.2, -0.15) is 0 Å². The SMILES string of the molecule is O/C(=C\n1n[n+](Cc2ccccc2)c2ccccc21)c1ccc(Cl)cc1. The maximum absolute atomic E-state index is 10.5. The van der Waals surface area contributed by atoms with Crippen molar-refractivity contribution in [1.82, 2.24) is 9.90 Å². The van der Waals surface area contributed by atoms with Crippen molar-refractivity contribution >= 4 is 34.6 Å². The lowest BCUT2D eigenvalue weighted by atomic mass is 10.2. The van der Waals surface area contributed by atoms with E-state index in [0.29, 0.717) is 17.1 Å². The van der Waals surface area contributed by atoms with Gasteiger partial charge in [-0.3, -0.25) is 0 Å². The molecule has 0 saturated carbocycles. The van der Waals surface area contributed by atoms with Gasteiger partial charge in [0.1, 0.15) is 6.54 Å². The first kappa shape index (κ1) is 16.4. The number of fused-ring (bicyclic) bond motifs is 1. The van der Waals surface area contributed by atoms with Gasteiger partial charge in [-0.1, -0.05) is 58.7 Å². The third-order valence-electron chi connectivity index (χ3n) is 4.17. The normalized spacial score (nSPS) is 11.8. The first-order valence-electron chi connectivity index (χ1n) is 8.29. The van der Waals surface area contributed by atoms with Gasteiger partial charge in [-0.25, -0.2) is 0 Å². The Labute approximate surface area is 156 Å². The molecule has 26 heavy (non-hydrogen) atoms. The molecule has 0 bridgehead atoms. The van der Waals surface area contributed by atoms with E-state index in [1.54, 1.807) is 35.1 Å². The Hall–Kier alpha value is -3.11. The molecule has 128 valence electrons. The molecule has 4 aromatic rings. The van der Waals surface area contributed by atoms with Gasteiger partial charge in [-0.15, -0.1) is 4.68 Å². The van der Waals surface area contributed by atoms with E-state index in [2.05, 4.69) is 17.3 Å². The van der Waals surface area contributed by atoms with Crippen molar-refractivity contribution in [2.75, 3.05) is 0 Å². The Balaban J connectivity index is 1.76. The van der Waals surface area contributed by atoms with Crippen LogP contribution in [-0.4, -0.2) is 15.0 Å². The monoisotopic (exact) mass is 362 g/mol. The third-order valence-corrected chi connectivity index (χ3v) is 4.42. The van der Waals surface area contributed by atoms with Crippen LogP contribution >= 0.6 is 11.6 Å². The highest BCUT2D eigenvalue weighted by Gasteiger charge is 2.17. The van der Waals surface area contributed by atoms with Crippen LogP contribution in [0, 0.1) is 0 Å². The van der Waals surface area contributed by atoms with Crippen molar-refractivity contribution < 1.29 is 9.79 Å². The van der Waals surface area contributed by atoms with Gasteiger partial charge < -0.3 is 5.11 Å². The van der Waals surface area contributed by atoms with Crippen LogP contribution in [0.15, 0.2) is 78.9 Å². The first-order chi connectivity index (χ1) is 12.7. The molecule has 0 saturated heterocycles.